The fourth-order valence-corrected chi connectivity index (χ4v) is 2.21. The summed E-state index contributed by atoms with van der Waals surface area (Å²) in [5, 5.41) is 0. The molecule has 0 radical (unpaired) electrons. The van der Waals surface area contributed by atoms with Crippen LogP contribution >= 0.6 is 15.9 Å². The van der Waals surface area contributed by atoms with E-state index in [2.05, 4.69) is 53.2 Å². The van der Waals surface area contributed by atoms with Gasteiger partial charge < -0.3 is 0 Å². The largest absolute Gasteiger partial charge is 0.0839 e. The van der Waals surface area contributed by atoms with Crippen LogP contribution in [0.2, 0.25) is 0 Å². The van der Waals surface area contributed by atoms with Crippen molar-refractivity contribution < 1.29 is 0 Å². The van der Waals surface area contributed by atoms with Crippen LogP contribution in [-0.4, -0.2) is 0 Å². The summed E-state index contributed by atoms with van der Waals surface area (Å²) in [6.45, 7) is 2.25. The molecule has 0 spiro atoms. The molecule has 78 valence electrons. The third-order valence-electron chi connectivity index (χ3n) is 2.47. The van der Waals surface area contributed by atoms with Crippen LogP contribution in [0.3, 0.4) is 0 Å². The van der Waals surface area contributed by atoms with E-state index in [-0.39, 0.29) is 0 Å². The van der Waals surface area contributed by atoms with Crippen LogP contribution in [0, 0.1) is 0 Å². The van der Waals surface area contributed by atoms with E-state index in [0.717, 1.165) is 0 Å². The molecule has 1 unspecified atom stereocenters. The third kappa shape index (κ3) is 4.28. The zero-order valence-corrected chi connectivity index (χ0v) is 10.5. The van der Waals surface area contributed by atoms with Crippen molar-refractivity contribution in [2.24, 2.45) is 0 Å². The summed E-state index contributed by atoms with van der Waals surface area (Å²) in [6, 6.07) is 10.7. The van der Waals surface area contributed by atoms with Gasteiger partial charge in [0.15, 0.2) is 0 Å². The van der Waals surface area contributed by atoms with Crippen molar-refractivity contribution in [1.82, 2.24) is 0 Å². The molecule has 0 N–H and O–H groups in total. The van der Waals surface area contributed by atoms with Crippen LogP contribution in [-0.2, 0) is 0 Å². The van der Waals surface area contributed by atoms with Gasteiger partial charge in [0.05, 0.1) is 0 Å². The Kier molecular flexibility index (Phi) is 5.93. The van der Waals surface area contributed by atoms with Crippen molar-refractivity contribution in [3.05, 3.63) is 35.9 Å². The maximum absolute atomic E-state index is 3.74. The molecule has 0 heterocycles. The van der Waals surface area contributed by atoms with Crippen LogP contribution in [0.5, 0.6) is 0 Å². The second-order valence-electron chi connectivity index (χ2n) is 3.73. The molecule has 1 rings (SSSR count). The highest BCUT2D eigenvalue weighted by atomic mass is 79.9. The van der Waals surface area contributed by atoms with E-state index in [4.69, 9.17) is 0 Å². The zero-order valence-electron chi connectivity index (χ0n) is 8.88. The predicted octanol–water partition coefficient (Wildman–Crippen LogP) is 5.09. The SMILES string of the molecule is CCCCCCC(Br)c1ccccc1. The van der Waals surface area contributed by atoms with Gasteiger partial charge >= 0.3 is 0 Å². The molecule has 0 aliphatic carbocycles. The van der Waals surface area contributed by atoms with Crippen molar-refractivity contribution >= 4 is 15.9 Å². The normalized spacial score (nSPS) is 12.7. The van der Waals surface area contributed by atoms with Gasteiger partial charge in [-0.25, -0.2) is 0 Å². The smallest absolute Gasteiger partial charge is 0.0395 e. The minimum atomic E-state index is 0.542. The first-order chi connectivity index (χ1) is 6.84. The van der Waals surface area contributed by atoms with Crippen LogP contribution in [0.1, 0.15) is 49.4 Å². The highest BCUT2D eigenvalue weighted by Crippen LogP contribution is 2.28. The number of alkyl halides is 1. The highest BCUT2D eigenvalue weighted by Gasteiger charge is 2.05. The maximum Gasteiger partial charge on any atom is 0.0395 e. The van der Waals surface area contributed by atoms with Crippen molar-refractivity contribution in [1.29, 1.82) is 0 Å². The molecule has 0 saturated heterocycles. The molecule has 0 nitrogen and oxygen atoms in total. The number of unbranched alkanes of at least 4 members (excludes halogenated alkanes) is 3. The number of hydrogen-bond acceptors (Lipinski definition) is 0. The average Bonchev–Trinajstić information content (AvgIpc) is 2.25. The number of rotatable bonds is 6. The number of benzene rings is 1. The lowest BCUT2D eigenvalue weighted by atomic mass is 10.1. The summed E-state index contributed by atoms with van der Waals surface area (Å²) in [4.78, 5) is 0.542. The van der Waals surface area contributed by atoms with Crippen molar-refractivity contribution in [3.8, 4) is 0 Å². The monoisotopic (exact) mass is 254 g/mol. The summed E-state index contributed by atoms with van der Waals surface area (Å²) in [7, 11) is 0. The first kappa shape index (κ1) is 11.8. The maximum atomic E-state index is 3.74. The molecule has 1 heteroatoms. The summed E-state index contributed by atoms with van der Waals surface area (Å²) in [5.41, 5.74) is 1.41. The number of halogens is 1. The Hall–Kier alpha value is -0.300. The molecule has 14 heavy (non-hydrogen) atoms. The third-order valence-corrected chi connectivity index (χ3v) is 3.46. The number of hydrogen-bond donors (Lipinski definition) is 0. The molecule has 0 bridgehead atoms. The lowest BCUT2D eigenvalue weighted by Crippen LogP contribution is -1.89. The van der Waals surface area contributed by atoms with E-state index in [1.807, 2.05) is 0 Å². The Morgan fingerprint density at radius 1 is 1.07 bits per heavy atom. The van der Waals surface area contributed by atoms with Gasteiger partial charge in [0.1, 0.15) is 0 Å². The van der Waals surface area contributed by atoms with Gasteiger partial charge in [-0.3, -0.25) is 0 Å². The highest BCUT2D eigenvalue weighted by molar-refractivity contribution is 9.09. The van der Waals surface area contributed by atoms with E-state index in [9.17, 15) is 0 Å². The molecule has 0 aromatic heterocycles. The van der Waals surface area contributed by atoms with Gasteiger partial charge in [0.25, 0.3) is 0 Å². The summed E-state index contributed by atoms with van der Waals surface area (Å²) >= 11 is 3.74. The molecule has 0 saturated carbocycles. The Balaban J connectivity index is 2.25. The lowest BCUT2D eigenvalue weighted by molar-refractivity contribution is 0.630. The van der Waals surface area contributed by atoms with Crippen LogP contribution < -0.4 is 0 Å². The molecule has 0 fully saturated rings. The quantitative estimate of drug-likeness (QED) is 0.490. The standard InChI is InChI=1S/C13H19Br/c1-2-3-4-8-11-13(14)12-9-6-5-7-10-12/h5-7,9-10,13H,2-4,8,11H2,1H3. The summed E-state index contributed by atoms with van der Waals surface area (Å²) in [5.74, 6) is 0. The van der Waals surface area contributed by atoms with Gasteiger partial charge in [0.2, 0.25) is 0 Å². The van der Waals surface area contributed by atoms with Crippen molar-refractivity contribution in [2.75, 3.05) is 0 Å². The van der Waals surface area contributed by atoms with E-state index in [1.54, 1.807) is 0 Å². The Morgan fingerprint density at radius 3 is 2.43 bits per heavy atom. The zero-order chi connectivity index (χ0) is 10.2. The molecular weight excluding hydrogens is 236 g/mol. The van der Waals surface area contributed by atoms with Gasteiger partial charge in [-0.05, 0) is 12.0 Å². The molecule has 0 aliphatic rings. The minimum Gasteiger partial charge on any atom is -0.0839 e. The Bertz CT molecular complexity index is 230. The fraction of sp³-hybridized carbons (Fsp3) is 0.538. The Morgan fingerprint density at radius 2 is 1.79 bits per heavy atom. The van der Waals surface area contributed by atoms with Gasteiger partial charge in [-0.2, -0.15) is 0 Å². The topological polar surface area (TPSA) is 0 Å². The lowest BCUT2D eigenvalue weighted by Gasteiger charge is -2.09. The van der Waals surface area contributed by atoms with Gasteiger partial charge in [-0.1, -0.05) is 78.9 Å². The van der Waals surface area contributed by atoms with Crippen LogP contribution in [0.15, 0.2) is 30.3 Å². The molecule has 1 atom stereocenters. The second kappa shape index (κ2) is 7.05. The van der Waals surface area contributed by atoms with Gasteiger partial charge in [0, 0.05) is 4.83 Å². The fourth-order valence-electron chi connectivity index (χ4n) is 1.58. The molecule has 1 aromatic carbocycles. The predicted molar refractivity (Wildman–Crippen MR) is 66.9 cm³/mol. The molecular formula is C13H19Br. The molecule has 1 aromatic rings. The van der Waals surface area contributed by atoms with Crippen molar-refractivity contribution in [3.63, 3.8) is 0 Å². The van der Waals surface area contributed by atoms with E-state index in [1.165, 1.54) is 37.7 Å². The summed E-state index contributed by atoms with van der Waals surface area (Å²) in [6.07, 6.45) is 6.64. The van der Waals surface area contributed by atoms with E-state index >= 15 is 0 Å². The molecule has 0 amide bonds. The first-order valence-electron chi connectivity index (χ1n) is 5.53. The van der Waals surface area contributed by atoms with E-state index in [0.29, 0.717) is 4.83 Å². The molecule has 0 aliphatic heterocycles. The Labute approximate surface area is 95.9 Å². The van der Waals surface area contributed by atoms with Crippen LogP contribution in [0.25, 0.3) is 0 Å². The first-order valence-corrected chi connectivity index (χ1v) is 6.45. The second-order valence-corrected chi connectivity index (χ2v) is 4.83. The summed E-state index contributed by atoms with van der Waals surface area (Å²) < 4.78 is 0. The average molecular weight is 255 g/mol. The van der Waals surface area contributed by atoms with E-state index < -0.39 is 0 Å². The minimum absolute atomic E-state index is 0.542. The van der Waals surface area contributed by atoms with Crippen LogP contribution in [0.4, 0.5) is 0 Å². The van der Waals surface area contributed by atoms with Gasteiger partial charge in [-0.15, -0.1) is 0 Å². The van der Waals surface area contributed by atoms with Crippen molar-refractivity contribution in [2.45, 2.75) is 43.9 Å².